The number of hydrogen-bond donors (Lipinski definition) is 4. The van der Waals surface area contributed by atoms with Crippen LogP contribution < -0.4 is 21.7 Å². The van der Waals surface area contributed by atoms with Crippen molar-refractivity contribution in [3.8, 4) is 0 Å². The first-order chi connectivity index (χ1) is 15.5. The van der Waals surface area contributed by atoms with Crippen molar-refractivity contribution in [2.24, 2.45) is 0 Å². The maximum atomic E-state index is 13.0. The number of hydrogen-bond acceptors (Lipinski definition) is 5. The highest BCUT2D eigenvalue weighted by molar-refractivity contribution is 7.21. The topological polar surface area (TPSA) is 96.2 Å². The van der Waals surface area contributed by atoms with Crippen LogP contribution in [-0.2, 0) is 0 Å². The summed E-state index contributed by atoms with van der Waals surface area (Å²) in [7, 11) is 0. The molecule has 2 aliphatic rings. The second-order valence-corrected chi connectivity index (χ2v) is 9.96. The third kappa shape index (κ3) is 3.93. The fraction of sp³-hybridized carbons (Fsp3) is 0.360. The van der Waals surface area contributed by atoms with Gasteiger partial charge in [-0.25, -0.2) is 0 Å². The lowest BCUT2D eigenvalue weighted by atomic mass is 9.83. The molecule has 1 fully saturated rings. The molecule has 1 aliphatic carbocycles. The third-order valence-corrected chi connectivity index (χ3v) is 7.68. The summed E-state index contributed by atoms with van der Waals surface area (Å²) in [4.78, 5) is 26.1. The van der Waals surface area contributed by atoms with Gasteiger partial charge < -0.3 is 21.7 Å². The van der Waals surface area contributed by atoms with Crippen LogP contribution in [0.3, 0.4) is 0 Å². The van der Waals surface area contributed by atoms with Gasteiger partial charge in [-0.3, -0.25) is 9.59 Å². The number of rotatable bonds is 3. The van der Waals surface area contributed by atoms with E-state index in [2.05, 4.69) is 22.0 Å². The SMILES string of the molecule is C[C@@H]1CNc2c(sc3ccc(C(=O)Nc4ccc(C5CCCCC5)c(N)c4)cc23)C(=O)N1. The number of carbonyl (C=O) groups excluding carboxylic acids is 2. The maximum Gasteiger partial charge on any atom is 0.263 e. The predicted octanol–water partition coefficient (Wildman–Crippen LogP) is 5.33. The predicted molar refractivity (Wildman–Crippen MR) is 132 cm³/mol. The van der Waals surface area contributed by atoms with E-state index < -0.39 is 0 Å². The van der Waals surface area contributed by atoms with Crippen LogP contribution in [0.1, 0.15) is 70.5 Å². The standard InChI is InChI=1S/C25H28N4O2S/c1-14-13-27-22-19-11-16(7-10-21(19)32-23(22)25(31)28-14)24(30)29-17-8-9-18(20(26)12-17)15-5-3-2-4-6-15/h7-12,14-15,27H,2-6,13,26H2,1H3,(H,28,31)(H,29,30)/t14-/m1/s1. The summed E-state index contributed by atoms with van der Waals surface area (Å²) < 4.78 is 0.977. The fourth-order valence-electron chi connectivity index (χ4n) is 4.81. The van der Waals surface area contributed by atoms with Crippen LogP contribution in [-0.4, -0.2) is 24.4 Å². The Kier molecular flexibility index (Phi) is 5.51. The van der Waals surface area contributed by atoms with Crippen LogP contribution in [0.15, 0.2) is 36.4 Å². The lowest BCUT2D eigenvalue weighted by molar-refractivity contribution is 0.0948. The van der Waals surface area contributed by atoms with Crippen LogP contribution in [0.4, 0.5) is 17.1 Å². The Morgan fingerprint density at radius 1 is 1.12 bits per heavy atom. The van der Waals surface area contributed by atoms with Gasteiger partial charge >= 0.3 is 0 Å². The number of anilines is 3. The normalized spacial score (nSPS) is 19.0. The molecule has 0 unspecified atom stereocenters. The lowest BCUT2D eigenvalue weighted by Crippen LogP contribution is -2.34. The molecule has 32 heavy (non-hydrogen) atoms. The van der Waals surface area contributed by atoms with Crippen molar-refractivity contribution in [2.45, 2.75) is 51.0 Å². The van der Waals surface area contributed by atoms with Crippen LogP contribution >= 0.6 is 11.3 Å². The van der Waals surface area contributed by atoms with Crippen molar-refractivity contribution in [3.63, 3.8) is 0 Å². The zero-order chi connectivity index (χ0) is 22.2. The van der Waals surface area contributed by atoms with Crippen molar-refractivity contribution in [3.05, 3.63) is 52.4 Å². The Morgan fingerprint density at radius 3 is 2.72 bits per heavy atom. The first kappa shape index (κ1) is 20.8. The number of benzene rings is 2. The van der Waals surface area contributed by atoms with Gasteiger partial charge in [-0.15, -0.1) is 11.3 Å². The minimum Gasteiger partial charge on any atom is -0.398 e. The molecule has 0 saturated heterocycles. The highest BCUT2D eigenvalue weighted by Crippen LogP contribution is 2.38. The summed E-state index contributed by atoms with van der Waals surface area (Å²) >= 11 is 1.44. The molecule has 0 radical (unpaired) electrons. The van der Waals surface area contributed by atoms with Gasteiger partial charge in [0.2, 0.25) is 0 Å². The van der Waals surface area contributed by atoms with E-state index >= 15 is 0 Å². The molecule has 1 aromatic heterocycles. The molecule has 1 saturated carbocycles. The van der Waals surface area contributed by atoms with Crippen LogP contribution in [0.25, 0.3) is 10.1 Å². The van der Waals surface area contributed by atoms with Gasteiger partial charge in [-0.1, -0.05) is 25.3 Å². The molecular weight excluding hydrogens is 420 g/mol. The highest BCUT2D eigenvalue weighted by Gasteiger charge is 2.24. The van der Waals surface area contributed by atoms with Crippen molar-refractivity contribution < 1.29 is 9.59 Å². The Morgan fingerprint density at radius 2 is 1.94 bits per heavy atom. The van der Waals surface area contributed by atoms with E-state index in [4.69, 9.17) is 5.73 Å². The van der Waals surface area contributed by atoms with Crippen LogP contribution in [0, 0.1) is 0 Å². The Labute approximate surface area is 191 Å². The number of nitrogens with two attached hydrogens (primary N) is 1. The Balaban J connectivity index is 1.38. The number of nitrogens with one attached hydrogen (secondary N) is 3. The quantitative estimate of drug-likeness (QED) is 0.407. The summed E-state index contributed by atoms with van der Waals surface area (Å²) in [6.45, 7) is 2.61. The van der Waals surface area contributed by atoms with Crippen molar-refractivity contribution in [1.82, 2.24) is 5.32 Å². The molecule has 0 spiro atoms. The highest BCUT2D eigenvalue weighted by atomic mass is 32.1. The number of fused-ring (bicyclic) bond motifs is 3. The molecule has 0 bridgehead atoms. The molecule has 1 aliphatic heterocycles. The minimum absolute atomic E-state index is 0.0469. The smallest absolute Gasteiger partial charge is 0.263 e. The van der Waals surface area contributed by atoms with E-state index in [1.54, 1.807) is 6.07 Å². The molecular formula is C25H28N4O2S. The molecule has 166 valence electrons. The second-order valence-electron chi connectivity index (χ2n) is 8.91. The molecule has 6 nitrogen and oxygen atoms in total. The van der Waals surface area contributed by atoms with Crippen LogP contribution in [0.2, 0.25) is 0 Å². The van der Waals surface area contributed by atoms with E-state index in [0.717, 1.165) is 21.5 Å². The van der Waals surface area contributed by atoms with Crippen molar-refractivity contribution in [1.29, 1.82) is 0 Å². The number of thiophene rings is 1. The molecule has 1 atom stereocenters. The summed E-state index contributed by atoms with van der Waals surface area (Å²) in [5.41, 5.74) is 10.3. The summed E-state index contributed by atoms with van der Waals surface area (Å²) in [5.74, 6) is 0.263. The number of carbonyl (C=O) groups is 2. The van der Waals surface area contributed by atoms with Gasteiger partial charge in [0.05, 0.1) is 5.69 Å². The molecule has 2 heterocycles. The van der Waals surface area contributed by atoms with E-state index in [-0.39, 0.29) is 17.9 Å². The van der Waals surface area contributed by atoms with Crippen molar-refractivity contribution >= 4 is 50.3 Å². The van der Waals surface area contributed by atoms with Gasteiger partial charge in [0.15, 0.2) is 0 Å². The lowest BCUT2D eigenvalue weighted by Gasteiger charge is -2.23. The Hall–Kier alpha value is -3.06. The van der Waals surface area contributed by atoms with Gasteiger partial charge in [-0.05, 0) is 61.6 Å². The monoisotopic (exact) mass is 448 g/mol. The largest absolute Gasteiger partial charge is 0.398 e. The average molecular weight is 449 g/mol. The van der Waals surface area contributed by atoms with E-state index in [9.17, 15) is 9.59 Å². The zero-order valence-electron chi connectivity index (χ0n) is 18.2. The molecule has 2 aromatic carbocycles. The minimum atomic E-state index is -0.192. The summed E-state index contributed by atoms with van der Waals surface area (Å²) in [6, 6.07) is 11.5. The third-order valence-electron chi connectivity index (χ3n) is 6.51. The zero-order valence-corrected chi connectivity index (χ0v) is 19.0. The number of nitrogen functional groups attached to an aromatic ring is 1. The first-order valence-corrected chi connectivity index (χ1v) is 12.1. The first-order valence-electron chi connectivity index (χ1n) is 11.3. The second kappa shape index (κ2) is 8.47. The van der Waals surface area contributed by atoms with E-state index in [0.29, 0.717) is 28.6 Å². The summed E-state index contributed by atoms with van der Waals surface area (Å²) in [5, 5.41) is 10.2. The number of amides is 2. The summed E-state index contributed by atoms with van der Waals surface area (Å²) in [6.07, 6.45) is 6.19. The molecule has 5 N–H and O–H groups in total. The van der Waals surface area contributed by atoms with Gasteiger partial charge in [-0.2, -0.15) is 0 Å². The molecule has 2 amide bonds. The Bertz CT molecular complexity index is 1200. The fourth-order valence-corrected chi connectivity index (χ4v) is 5.87. The van der Waals surface area contributed by atoms with Crippen molar-refractivity contribution in [2.75, 3.05) is 22.9 Å². The maximum absolute atomic E-state index is 13.0. The van der Waals surface area contributed by atoms with E-state index in [1.807, 2.05) is 31.2 Å². The molecule has 3 aromatic rings. The van der Waals surface area contributed by atoms with E-state index in [1.165, 1.54) is 49.0 Å². The van der Waals surface area contributed by atoms with Gasteiger partial charge in [0.25, 0.3) is 11.8 Å². The average Bonchev–Trinajstić information content (AvgIpc) is 3.09. The molecule has 5 rings (SSSR count). The molecule has 7 heteroatoms. The van der Waals surface area contributed by atoms with Crippen LogP contribution in [0.5, 0.6) is 0 Å². The van der Waals surface area contributed by atoms with Gasteiger partial charge in [0.1, 0.15) is 4.88 Å². The van der Waals surface area contributed by atoms with Gasteiger partial charge in [0, 0.05) is 39.6 Å².